The second kappa shape index (κ2) is 6.41. The minimum atomic E-state index is 0.0127. The molecule has 0 aromatic heterocycles. The molecular weight excluding hydrogens is 320 g/mol. The lowest BCUT2D eigenvalue weighted by molar-refractivity contribution is 1.29. The number of rotatable bonds is 0. The molecule has 4 heteroatoms. The van der Waals surface area contributed by atoms with Gasteiger partial charge in [0.15, 0.2) is 0 Å². The average Bonchev–Trinajstić information content (AvgIpc) is 2.67. The molecule has 0 aliphatic heterocycles. The lowest BCUT2D eigenvalue weighted by Crippen LogP contribution is -2.22. The second-order valence-corrected chi connectivity index (χ2v) is 5.89. The molecule has 0 N–H and O–H groups in total. The molecule has 0 saturated carbocycles. The lowest BCUT2D eigenvalue weighted by atomic mass is 9.92. The summed E-state index contributed by atoms with van der Waals surface area (Å²) in [5.41, 5.74) is 1.51. The monoisotopic (exact) mass is 332 g/mol. The second-order valence-electron chi connectivity index (χ2n) is 5.89. The van der Waals surface area contributed by atoms with Crippen LogP contribution in [-0.4, -0.2) is 0 Å². The standard InChI is InChI=1S/C22H12N4/c1-13-14(2)22(20(12-24)26-4)18-10-16-8-6-5-7-15(16)9-17(18)21(13)19(11-23)25-3/h5-10H,1-2H3. The average molecular weight is 332 g/mol. The van der Waals surface area contributed by atoms with Gasteiger partial charge in [0.05, 0.1) is 25.3 Å². The smallest absolute Gasteiger partial charge is 0.226 e. The van der Waals surface area contributed by atoms with Crippen molar-refractivity contribution in [2.24, 2.45) is 0 Å². The van der Waals surface area contributed by atoms with Gasteiger partial charge in [-0.2, -0.15) is 0 Å². The van der Waals surface area contributed by atoms with E-state index in [1.54, 1.807) is 0 Å². The summed E-state index contributed by atoms with van der Waals surface area (Å²) in [5.74, 6) is 0. The summed E-state index contributed by atoms with van der Waals surface area (Å²) in [4.78, 5) is 6.79. The van der Waals surface area contributed by atoms with E-state index in [4.69, 9.17) is 13.1 Å². The maximum absolute atomic E-state index is 9.43. The van der Waals surface area contributed by atoms with Crippen LogP contribution in [0.4, 0.5) is 0 Å². The maximum Gasteiger partial charge on any atom is 0.269 e. The van der Waals surface area contributed by atoms with Gasteiger partial charge in [0.1, 0.15) is 0 Å². The number of benzene rings is 3. The largest absolute Gasteiger partial charge is 0.269 e. The quantitative estimate of drug-likeness (QED) is 0.465. The molecule has 120 valence electrons. The van der Waals surface area contributed by atoms with E-state index in [0.717, 1.165) is 21.9 Å². The highest BCUT2D eigenvalue weighted by molar-refractivity contribution is 6.01. The Balaban J connectivity index is 2.88. The first-order valence-electron chi connectivity index (χ1n) is 7.82. The highest BCUT2D eigenvalue weighted by atomic mass is 14.7. The van der Waals surface area contributed by atoms with Crippen LogP contribution in [0.2, 0.25) is 0 Å². The SMILES string of the molecule is [C-]#[N+]C(C#N)=c1c(C)c(C)c(=C(C#N)[N+]#[C-])c2cc3ccccc3cc12. The molecule has 0 aliphatic carbocycles. The molecule has 0 radical (unpaired) electrons. The number of fused-ring (bicyclic) bond motifs is 2. The van der Waals surface area contributed by atoms with E-state index < -0.39 is 0 Å². The first kappa shape index (κ1) is 16.7. The van der Waals surface area contributed by atoms with Gasteiger partial charge in [0.25, 0.3) is 11.4 Å². The Hall–Kier alpha value is -4.12. The van der Waals surface area contributed by atoms with Crippen LogP contribution in [-0.2, 0) is 0 Å². The third-order valence-electron chi connectivity index (χ3n) is 4.65. The van der Waals surface area contributed by atoms with E-state index in [1.165, 1.54) is 0 Å². The third kappa shape index (κ3) is 2.35. The van der Waals surface area contributed by atoms with Crippen LogP contribution in [0.25, 0.3) is 42.6 Å². The molecule has 0 atom stereocenters. The van der Waals surface area contributed by atoms with Crippen LogP contribution in [0.3, 0.4) is 0 Å². The third-order valence-corrected chi connectivity index (χ3v) is 4.65. The van der Waals surface area contributed by atoms with E-state index >= 15 is 0 Å². The first-order chi connectivity index (χ1) is 12.6. The van der Waals surface area contributed by atoms with Gasteiger partial charge in [-0.1, -0.05) is 35.4 Å². The van der Waals surface area contributed by atoms with E-state index in [0.29, 0.717) is 21.2 Å². The van der Waals surface area contributed by atoms with Gasteiger partial charge in [-0.25, -0.2) is 20.2 Å². The zero-order valence-electron chi connectivity index (χ0n) is 14.3. The Morgan fingerprint density at radius 1 is 0.808 bits per heavy atom. The van der Waals surface area contributed by atoms with Crippen LogP contribution >= 0.6 is 0 Å². The van der Waals surface area contributed by atoms with Crippen LogP contribution < -0.4 is 10.4 Å². The summed E-state index contributed by atoms with van der Waals surface area (Å²) in [6.45, 7) is 18.4. The number of hydrogen-bond donors (Lipinski definition) is 0. The summed E-state index contributed by atoms with van der Waals surface area (Å²) in [7, 11) is 0. The Labute approximate surface area is 150 Å². The lowest BCUT2D eigenvalue weighted by Gasteiger charge is -2.12. The molecule has 0 unspecified atom stereocenters. The van der Waals surface area contributed by atoms with Crippen LogP contribution in [0.5, 0.6) is 0 Å². The van der Waals surface area contributed by atoms with E-state index in [1.807, 2.05) is 62.4 Å². The predicted octanol–water partition coefficient (Wildman–Crippen LogP) is 3.71. The fourth-order valence-electron chi connectivity index (χ4n) is 3.32. The minimum absolute atomic E-state index is 0.0127. The fourth-order valence-corrected chi connectivity index (χ4v) is 3.32. The van der Waals surface area contributed by atoms with Crippen molar-refractivity contribution in [3.63, 3.8) is 0 Å². The molecule has 3 rings (SSSR count). The van der Waals surface area contributed by atoms with Crippen LogP contribution in [0.15, 0.2) is 36.4 Å². The maximum atomic E-state index is 9.43. The highest BCUT2D eigenvalue weighted by Crippen LogP contribution is 2.21. The van der Waals surface area contributed by atoms with Crippen molar-refractivity contribution >= 4 is 32.9 Å². The molecule has 0 amide bonds. The molecule has 0 spiro atoms. The fraction of sp³-hybridized carbons (Fsp3) is 0.0909. The van der Waals surface area contributed by atoms with Gasteiger partial charge < -0.3 is 0 Å². The van der Waals surface area contributed by atoms with Crippen LogP contribution in [0, 0.1) is 49.7 Å². The minimum Gasteiger partial charge on any atom is -0.226 e. The van der Waals surface area contributed by atoms with E-state index in [9.17, 15) is 10.5 Å². The molecule has 3 aromatic rings. The zero-order chi connectivity index (χ0) is 18.8. The summed E-state index contributed by atoms with van der Waals surface area (Å²) in [6.07, 6.45) is 0. The van der Waals surface area contributed by atoms with Gasteiger partial charge in [0, 0.05) is 10.4 Å². The van der Waals surface area contributed by atoms with E-state index in [-0.39, 0.29) is 11.4 Å². The summed E-state index contributed by atoms with van der Waals surface area (Å²) in [5, 5.41) is 23.4. The van der Waals surface area contributed by atoms with Gasteiger partial charge in [0.2, 0.25) is 0 Å². The topological polar surface area (TPSA) is 56.3 Å². The highest BCUT2D eigenvalue weighted by Gasteiger charge is 2.13. The summed E-state index contributed by atoms with van der Waals surface area (Å²) < 4.78 is 0. The van der Waals surface area contributed by atoms with Crippen molar-refractivity contribution in [2.75, 3.05) is 0 Å². The molecule has 3 aromatic carbocycles. The zero-order valence-corrected chi connectivity index (χ0v) is 14.3. The molecule has 0 saturated heterocycles. The van der Waals surface area contributed by atoms with E-state index in [2.05, 4.69) is 9.69 Å². The van der Waals surface area contributed by atoms with Crippen molar-refractivity contribution in [3.05, 3.63) is 80.8 Å². The summed E-state index contributed by atoms with van der Waals surface area (Å²) in [6, 6.07) is 15.6. The van der Waals surface area contributed by atoms with Crippen molar-refractivity contribution in [3.8, 4) is 12.1 Å². The first-order valence-corrected chi connectivity index (χ1v) is 7.82. The molecule has 0 bridgehead atoms. The van der Waals surface area contributed by atoms with Gasteiger partial charge >= 0.3 is 0 Å². The van der Waals surface area contributed by atoms with Gasteiger partial charge in [-0.15, -0.1) is 0 Å². The summed E-state index contributed by atoms with van der Waals surface area (Å²) >= 11 is 0. The van der Waals surface area contributed by atoms with Crippen LogP contribution in [0.1, 0.15) is 11.1 Å². The van der Waals surface area contributed by atoms with Crippen molar-refractivity contribution < 1.29 is 0 Å². The normalized spacial score (nSPS) is 12.5. The van der Waals surface area contributed by atoms with Crippen molar-refractivity contribution in [2.45, 2.75) is 13.8 Å². The Morgan fingerprint density at radius 2 is 1.19 bits per heavy atom. The molecule has 0 fully saturated rings. The molecular formula is C22H12N4. The van der Waals surface area contributed by atoms with Gasteiger partial charge in [-0.3, -0.25) is 0 Å². The van der Waals surface area contributed by atoms with Crippen molar-refractivity contribution in [1.82, 2.24) is 0 Å². The molecule has 0 aliphatic rings. The number of nitriles is 2. The van der Waals surface area contributed by atoms with Gasteiger partial charge in [-0.05, 0) is 47.5 Å². The molecule has 26 heavy (non-hydrogen) atoms. The van der Waals surface area contributed by atoms with Crippen molar-refractivity contribution in [1.29, 1.82) is 10.5 Å². The number of hydrogen-bond acceptors (Lipinski definition) is 2. The Morgan fingerprint density at radius 3 is 1.50 bits per heavy atom. The molecule has 4 nitrogen and oxygen atoms in total. The Bertz CT molecular complexity index is 1240. The Kier molecular flexibility index (Phi) is 4.12. The predicted molar refractivity (Wildman–Crippen MR) is 101 cm³/mol. The number of nitrogens with zero attached hydrogens (tertiary/aromatic N) is 4. The molecule has 0 heterocycles.